The van der Waals surface area contributed by atoms with E-state index in [4.69, 9.17) is 0 Å². The second kappa shape index (κ2) is 6.83. The average Bonchev–Trinajstić information content (AvgIpc) is 3.02. The molecule has 0 spiro atoms. The quantitative estimate of drug-likeness (QED) is 0.843. The summed E-state index contributed by atoms with van der Waals surface area (Å²) in [5, 5.41) is -0.0620. The first-order chi connectivity index (χ1) is 12.1. The number of aromatic nitrogens is 4. The molecule has 2 aromatic heterocycles. The zero-order valence-corrected chi connectivity index (χ0v) is 14.6. The minimum absolute atomic E-state index is 0.0620. The van der Waals surface area contributed by atoms with E-state index in [1.165, 1.54) is 17.1 Å². The van der Waals surface area contributed by atoms with Crippen molar-refractivity contribution in [2.75, 3.05) is 18.0 Å². The summed E-state index contributed by atoms with van der Waals surface area (Å²) in [6.07, 6.45) is 0.0265. The van der Waals surface area contributed by atoms with E-state index in [1.807, 2.05) is 0 Å². The molecule has 0 saturated carbocycles. The predicted octanol–water partition coefficient (Wildman–Crippen LogP) is 1.18. The Morgan fingerprint density at radius 3 is 2.46 bits per heavy atom. The highest BCUT2D eigenvalue weighted by Gasteiger charge is 2.34. The number of piperidine rings is 1. The monoisotopic (exact) mass is 390 g/mol. The van der Waals surface area contributed by atoms with E-state index in [0.29, 0.717) is 25.9 Å². The molecule has 3 heterocycles. The Kier molecular flexibility index (Phi) is 4.88. The van der Waals surface area contributed by atoms with Crippen LogP contribution in [0.25, 0.3) is 0 Å². The van der Waals surface area contributed by atoms with Crippen LogP contribution in [0.3, 0.4) is 0 Å². The molecule has 1 aliphatic heterocycles. The number of alkyl halides is 3. The summed E-state index contributed by atoms with van der Waals surface area (Å²) in [7, 11) is -2.05. The van der Waals surface area contributed by atoms with Crippen LogP contribution in [0.2, 0.25) is 0 Å². The van der Waals surface area contributed by atoms with Crippen LogP contribution in [0.5, 0.6) is 0 Å². The highest BCUT2D eigenvalue weighted by molar-refractivity contribution is 7.89. The largest absolute Gasteiger partial charge is 0.433 e. The van der Waals surface area contributed by atoms with Gasteiger partial charge in [-0.05, 0) is 12.8 Å². The number of rotatable bonds is 4. The predicted molar refractivity (Wildman–Crippen MR) is 85.8 cm³/mol. The molecule has 2 aromatic rings. The maximum atomic E-state index is 12.8. The standard InChI is InChI=1S/C14H17F3N6O2S/c1-22-7-13(20-9-22)26(24,25)21-10-2-4-23(5-3-10)12-6-11(14(15,16)17)18-8-19-12/h6-10,21H,2-5H2,1H3. The Labute approximate surface area is 148 Å². The number of sulfonamides is 1. The lowest BCUT2D eigenvalue weighted by Crippen LogP contribution is -2.45. The van der Waals surface area contributed by atoms with Crippen molar-refractivity contribution in [2.24, 2.45) is 7.05 Å². The van der Waals surface area contributed by atoms with Gasteiger partial charge in [0, 0.05) is 38.4 Å². The summed E-state index contributed by atoms with van der Waals surface area (Å²) < 4.78 is 66.9. The van der Waals surface area contributed by atoms with Crippen molar-refractivity contribution < 1.29 is 21.6 Å². The molecule has 3 rings (SSSR count). The molecule has 0 atom stereocenters. The summed E-state index contributed by atoms with van der Waals surface area (Å²) >= 11 is 0. The molecule has 12 heteroatoms. The Balaban J connectivity index is 1.63. The fourth-order valence-corrected chi connectivity index (χ4v) is 4.00. The smallest absolute Gasteiger partial charge is 0.356 e. The van der Waals surface area contributed by atoms with E-state index in [9.17, 15) is 21.6 Å². The number of imidazole rings is 1. The zero-order valence-electron chi connectivity index (χ0n) is 13.8. The molecule has 26 heavy (non-hydrogen) atoms. The van der Waals surface area contributed by atoms with E-state index < -0.39 is 21.9 Å². The van der Waals surface area contributed by atoms with Gasteiger partial charge in [0.2, 0.25) is 0 Å². The fourth-order valence-electron chi connectivity index (χ4n) is 2.71. The van der Waals surface area contributed by atoms with Gasteiger partial charge in [-0.15, -0.1) is 0 Å². The van der Waals surface area contributed by atoms with E-state index in [1.54, 1.807) is 11.9 Å². The highest BCUT2D eigenvalue weighted by atomic mass is 32.2. The molecule has 1 saturated heterocycles. The molecule has 8 nitrogen and oxygen atoms in total. The summed E-state index contributed by atoms with van der Waals surface area (Å²) in [4.78, 5) is 12.6. The molecule has 0 radical (unpaired) electrons. The van der Waals surface area contributed by atoms with Crippen LogP contribution in [-0.2, 0) is 23.2 Å². The van der Waals surface area contributed by atoms with Crippen LogP contribution in [0.1, 0.15) is 18.5 Å². The van der Waals surface area contributed by atoms with Crippen LogP contribution in [0, 0.1) is 0 Å². The fraction of sp³-hybridized carbons (Fsp3) is 0.500. The third-order valence-corrected chi connectivity index (χ3v) is 5.45. The van der Waals surface area contributed by atoms with Gasteiger partial charge in [-0.2, -0.15) is 13.2 Å². The van der Waals surface area contributed by atoms with Gasteiger partial charge < -0.3 is 9.47 Å². The van der Waals surface area contributed by atoms with Crippen molar-refractivity contribution in [3.63, 3.8) is 0 Å². The van der Waals surface area contributed by atoms with Gasteiger partial charge in [0.1, 0.15) is 17.8 Å². The van der Waals surface area contributed by atoms with Crippen molar-refractivity contribution in [3.8, 4) is 0 Å². The molecule has 0 unspecified atom stereocenters. The summed E-state index contributed by atoms with van der Waals surface area (Å²) in [6, 6.07) is 0.584. The lowest BCUT2D eigenvalue weighted by molar-refractivity contribution is -0.141. The topological polar surface area (TPSA) is 93.0 Å². The van der Waals surface area contributed by atoms with Gasteiger partial charge in [-0.3, -0.25) is 0 Å². The second-order valence-electron chi connectivity index (χ2n) is 6.02. The maximum absolute atomic E-state index is 12.8. The van der Waals surface area contributed by atoms with Gasteiger partial charge in [-0.1, -0.05) is 0 Å². The zero-order chi connectivity index (χ0) is 18.9. The average molecular weight is 390 g/mol. The third kappa shape index (κ3) is 4.12. The van der Waals surface area contributed by atoms with Crippen molar-refractivity contribution in [1.29, 1.82) is 0 Å². The Bertz CT molecular complexity index is 875. The van der Waals surface area contributed by atoms with Gasteiger partial charge >= 0.3 is 6.18 Å². The molecule has 1 fully saturated rings. The van der Waals surface area contributed by atoms with E-state index in [2.05, 4.69) is 19.7 Å². The molecular formula is C14H17F3N6O2S. The summed E-state index contributed by atoms with van der Waals surface area (Å²) in [5.41, 5.74) is -1.000. The molecule has 1 aliphatic rings. The highest BCUT2D eigenvalue weighted by Crippen LogP contribution is 2.29. The Morgan fingerprint density at radius 2 is 1.88 bits per heavy atom. The van der Waals surface area contributed by atoms with E-state index in [0.717, 1.165) is 12.4 Å². The Morgan fingerprint density at radius 1 is 1.19 bits per heavy atom. The normalized spacial score (nSPS) is 16.8. The number of hydrogen-bond donors (Lipinski definition) is 1. The summed E-state index contributed by atoms with van der Waals surface area (Å²) in [5.74, 6) is 0.179. The Hall–Kier alpha value is -2.21. The molecule has 0 amide bonds. The number of aryl methyl sites for hydroxylation is 1. The first kappa shape index (κ1) is 18.6. The SMILES string of the molecule is Cn1cnc(S(=O)(=O)NC2CCN(c3cc(C(F)(F)F)ncn3)CC2)c1. The van der Waals surface area contributed by atoms with Crippen LogP contribution < -0.4 is 9.62 Å². The van der Waals surface area contributed by atoms with Gasteiger partial charge in [0.25, 0.3) is 10.0 Å². The first-order valence-corrected chi connectivity index (χ1v) is 9.28. The molecule has 142 valence electrons. The second-order valence-corrected chi connectivity index (χ2v) is 7.68. The van der Waals surface area contributed by atoms with Crippen LogP contribution >= 0.6 is 0 Å². The third-order valence-electron chi connectivity index (χ3n) is 4.04. The first-order valence-electron chi connectivity index (χ1n) is 7.79. The van der Waals surface area contributed by atoms with Gasteiger partial charge in [0.05, 0.1) is 6.33 Å². The minimum atomic E-state index is -4.53. The maximum Gasteiger partial charge on any atom is 0.433 e. The minimum Gasteiger partial charge on any atom is -0.356 e. The van der Waals surface area contributed by atoms with Gasteiger partial charge in [-0.25, -0.2) is 28.1 Å². The van der Waals surface area contributed by atoms with Crippen molar-refractivity contribution in [1.82, 2.24) is 24.2 Å². The molecule has 1 N–H and O–H groups in total. The number of nitrogens with one attached hydrogen (secondary N) is 1. The lowest BCUT2D eigenvalue weighted by atomic mass is 10.1. The number of nitrogens with zero attached hydrogens (tertiary/aromatic N) is 5. The van der Waals surface area contributed by atoms with Crippen molar-refractivity contribution in [3.05, 3.63) is 30.6 Å². The van der Waals surface area contributed by atoms with Crippen LogP contribution in [0.15, 0.2) is 29.9 Å². The lowest BCUT2D eigenvalue weighted by Gasteiger charge is -2.32. The summed E-state index contributed by atoms with van der Waals surface area (Å²) in [6.45, 7) is 0.757. The van der Waals surface area contributed by atoms with Crippen molar-refractivity contribution >= 4 is 15.8 Å². The van der Waals surface area contributed by atoms with E-state index in [-0.39, 0.29) is 16.9 Å². The molecular weight excluding hydrogens is 373 g/mol. The van der Waals surface area contributed by atoms with E-state index >= 15 is 0 Å². The number of halogens is 3. The van der Waals surface area contributed by atoms with Crippen LogP contribution in [0.4, 0.5) is 19.0 Å². The van der Waals surface area contributed by atoms with Crippen LogP contribution in [-0.4, -0.2) is 47.1 Å². The number of anilines is 1. The molecule has 0 aromatic carbocycles. The molecule has 0 aliphatic carbocycles. The number of hydrogen-bond acceptors (Lipinski definition) is 6. The van der Waals surface area contributed by atoms with Crippen molar-refractivity contribution in [2.45, 2.75) is 30.1 Å². The molecule has 0 bridgehead atoms. The van der Waals surface area contributed by atoms with Gasteiger partial charge in [0.15, 0.2) is 5.03 Å².